The van der Waals surface area contributed by atoms with E-state index < -0.39 is 6.10 Å². The normalized spacial score (nSPS) is 11.6. The monoisotopic (exact) mass is 221 g/mol. The van der Waals surface area contributed by atoms with Gasteiger partial charge in [-0.2, -0.15) is 5.26 Å². The van der Waals surface area contributed by atoms with Crippen molar-refractivity contribution < 1.29 is 14.6 Å². The van der Waals surface area contributed by atoms with Crippen LogP contribution < -0.4 is 9.47 Å². The summed E-state index contributed by atoms with van der Waals surface area (Å²) >= 11 is 0. The second-order valence-corrected chi connectivity index (χ2v) is 3.40. The van der Waals surface area contributed by atoms with Crippen molar-refractivity contribution >= 4 is 0 Å². The van der Waals surface area contributed by atoms with Gasteiger partial charge in [-0.05, 0) is 18.2 Å². The average Bonchev–Trinajstić information content (AvgIpc) is 2.29. The van der Waals surface area contributed by atoms with E-state index in [1.54, 1.807) is 32.4 Å². The zero-order chi connectivity index (χ0) is 12.0. The van der Waals surface area contributed by atoms with Crippen LogP contribution in [-0.2, 0) is 6.42 Å². The Labute approximate surface area is 95.0 Å². The summed E-state index contributed by atoms with van der Waals surface area (Å²) < 4.78 is 10.3. The number of benzene rings is 1. The maximum absolute atomic E-state index is 9.57. The van der Waals surface area contributed by atoms with E-state index in [1.165, 1.54) is 0 Å². The molecule has 0 amide bonds. The van der Waals surface area contributed by atoms with Gasteiger partial charge in [0.05, 0.1) is 32.8 Å². The fraction of sp³-hybridized carbons (Fsp3) is 0.417. The first-order valence-corrected chi connectivity index (χ1v) is 4.97. The van der Waals surface area contributed by atoms with Crippen LogP contribution in [0.5, 0.6) is 11.5 Å². The molecule has 0 aliphatic heterocycles. The summed E-state index contributed by atoms with van der Waals surface area (Å²) in [6.45, 7) is 0. The molecule has 0 fully saturated rings. The standard InChI is InChI=1S/C12H15NO3/c1-15-11-3-4-12(16-2)9(8-11)7-10(14)5-6-13/h3-4,8,10,14H,5,7H2,1-2H3. The number of rotatable bonds is 5. The van der Waals surface area contributed by atoms with Crippen LogP contribution in [0.15, 0.2) is 18.2 Å². The summed E-state index contributed by atoms with van der Waals surface area (Å²) in [7, 11) is 3.15. The van der Waals surface area contributed by atoms with Crippen molar-refractivity contribution in [1.82, 2.24) is 0 Å². The van der Waals surface area contributed by atoms with E-state index >= 15 is 0 Å². The van der Waals surface area contributed by atoms with E-state index in [-0.39, 0.29) is 6.42 Å². The van der Waals surface area contributed by atoms with Gasteiger partial charge in [-0.15, -0.1) is 0 Å². The Morgan fingerprint density at radius 2 is 2.12 bits per heavy atom. The first-order valence-electron chi connectivity index (χ1n) is 4.97. The first kappa shape index (κ1) is 12.3. The van der Waals surface area contributed by atoms with Gasteiger partial charge in [0.1, 0.15) is 11.5 Å². The maximum atomic E-state index is 9.57. The molecule has 0 saturated carbocycles. The molecule has 0 saturated heterocycles. The molecule has 1 atom stereocenters. The third kappa shape index (κ3) is 3.14. The molecular formula is C12H15NO3. The van der Waals surface area contributed by atoms with Crippen molar-refractivity contribution in [3.63, 3.8) is 0 Å². The summed E-state index contributed by atoms with van der Waals surface area (Å²) in [6.07, 6.45) is -0.181. The summed E-state index contributed by atoms with van der Waals surface area (Å²) in [6, 6.07) is 7.31. The molecule has 0 bridgehead atoms. The molecule has 1 rings (SSSR count). The summed E-state index contributed by atoms with van der Waals surface area (Å²) in [5, 5.41) is 18.0. The molecule has 1 aromatic carbocycles. The summed E-state index contributed by atoms with van der Waals surface area (Å²) in [5.74, 6) is 1.40. The highest BCUT2D eigenvalue weighted by atomic mass is 16.5. The third-order valence-corrected chi connectivity index (χ3v) is 2.27. The number of hydrogen-bond acceptors (Lipinski definition) is 4. The van der Waals surface area contributed by atoms with E-state index in [4.69, 9.17) is 14.7 Å². The van der Waals surface area contributed by atoms with Crippen LogP contribution in [0, 0.1) is 11.3 Å². The van der Waals surface area contributed by atoms with Gasteiger partial charge in [0.2, 0.25) is 0 Å². The zero-order valence-corrected chi connectivity index (χ0v) is 9.43. The quantitative estimate of drug-likeness (QED) is 0.818. The SMILES string of the molecule is COc1ccc(OC)c(CC(O)CC#N)c1. The number of hydrogen-bond donors (Lipinski definition) is 1. The molecule has 1 aromatic rings. The maximum Gasteiger partial charge on any atom is 0.122 e. The number of methoxy groups -OCH3 is 2. The lowest BCUT2D eigenvalue weighted by atomic mass is 10.0. The average molecular weight is 221 g/mol. The van der Waals surface area contributed by atoms with Crippen molar-refractivity contribution in [3.05, 3.63) is 23.8 Å². The molecule has 1 N–H and O–H groups in total. The summed E-state index contributed by atoms with van der Waals surface area (Å²) in [5.41, 5.74) is 0.838. The Morgan fingerprint density at radius 3 is 2.69 bits per heavy atom. The van der Waals surface area contributed by atoms with Gasteiger partial charge in [-0.25, -0.2) is 0 Å². The molecule has 0 heterocycles. The van der Waals surface area contributed by atoms with Crippen LogP contribution >= 0.6 is 0 Å². The van der Waals surface area contributed by atoms with Crippen LogP contribution in [-0.4, -0.2) is 25.4 Å². The highest BCUT2D eigenvalue weighted by molar-refractivity contribution is 5.40. The number of nitriles is 1. The molecule has 0 aliphatic rings. The largest absolute Gasteiger partial charge is 0.497 e. The van der Waals surface area contributed by atoms with Crippen molar-refractivity contribution in [2.75, 3.05) is 14.2 Å². The molecule has 16 heavy (non-hydrogen) atoms. The van der Waals surface area contributed by atoms with Crippen LogP contribution in [0.2, 0.25) is 0 Å². The zero-order valence-electron chi connectivity index (χ0n) is 9.43. The van der Waals surface area contributed by atoms with Crippen molar-refractivity contribution in [2.24, 2.45) is 0 Å². The van der Waals surface area contributed by atoms with Crippen LogP contribution in [0.25, 0.3) is 0 Å². The third-order valence-electron chi connectivity index (χ3n) is 2.27. The predicted octanol–water partition coefficient (Wildman–Crippen LogP) is 1.52. The van der Waals surface area contributed by atoms with Gasteiger partial charge in [0, 0.05) is 12.0 Å². The van der Waals surface area contributed by atoms with E-state index in [0.717, 1.165) is 5.56 Å². The first-order chi connectivity index (χ1) is 7.71. The molecular weight excluding hydrogens is 206 g/mol. The van der Waals surface area contributed by atoms with Gasteiger partial charge in [0.25, 0.3) is 0 Å². The van der Waals surface area contributed by atoms with Crippen molar-refractivity contribution in [2.45, 2.75) is 18.9 Å². The Kier molecular flexibility index (Phi) is 4.62. The van der Waals surface area contributed by atoms with Gasteiger partial charge in [-0.1, -0.05) is 0 Å². The lowest BCUT2D eigenvalue weighted by Crippen LogP contribution is -2.10. The molecule has 0 aliphatic carbocycles. The van der Waals surface area contributed by atoms with Crippen molar-refractivity contribution in [3.8, 4) is 17.6 Å². The molecule has 1 unspecified atom stereocenters. The fourth-order valence-electron chi connectivity index (χ4n) is 1.47. The lowest BCUT2D eigenvalue weighted by molar-refractivity contribution is 0.179. The molecule has 4 nitrogen and oxygen atoms in total. The minimum atomic E-state index is -0.675. The second kappa shape index (κ2) is 5.99. The van der Waals surface area contributed by atoms with Crippen LogP contribution in [0.1, 0.15) is 12.0 Å². The van der Waals surface area contributed by atoms with Crippen LogP contribution in [0.4, 0.5) is 0 Å². The van der Waals surface area contributed by atoms with E-state index in [2.05, 4.69) is 0 Å². The number of nitrogens with zero attached hydrogens (tertiary/aromatic N) is 1. The van der Waals surface area contributed by atoms with Gasteiger partial charge >= 0.3 is 0 Å². The highest BCUT2D eigenvalue weighted by Crippen LogP contribution is 2.25. The fourth-order valence-corrected chi connectivity index (χ4v) is 1.47. The molecule has 86 valence electrons. The minimum absolute atomic E-state index is 0.111. The Morgan fingerprint density at radius 1 is 1.38 bits per heavy atom. The van der Waals surface area contributed by atoms with E-state index in [9.17, 15) is 5.11 Å². The van der Waals surface area contributed by atoms with Gasteiger partial charge in [0.15, 0.2) is 0 Å². The molecule has 0 radical (unpaired) electrons. The van der Waals surface area contributed by atoms with E-state index in [0.29, 0.717) is 17.9 Å². The Bertz CT molecular complexity index is 384. The van der Waals surface area contributed by atoms with Gasteiger partial charge in [-0.3, -0.25) is 0 Å². The smallest absolute Gasteiger partial charge is 0.122 e. The predicted molar refractivity (Wildman–Crippen MR) is 59.5 cm³/mol. The minimum Gasteiger partial charge on any atom is -0.497 e. The highest BCUT2D eigenvalue weighted by Gasteiger charge is 2.10. The van der Waals surface area contributed by atoms with Crippen LogP contribution in [0.3, 0.4) is 0 Å². The molecule has 0 aromatic heterocycles. The van der Waals surface area contributed by atoms with Gasteiger partial charge < -0.3 is 14.6 Å². The topological polar surface area (TPSA) is 62.5 Å². The Hall–Kier alpha value is -1.73. The molecule has 4 heteroatoms. The molecule has 0 spiro atoms. The van der Waals surface area contributed by atoms with E-state index in [1.807, 2.05) is 6.07 Å². The lowest BCUT2D eigenvalue weighted by Gasteiger charge is -2.12. The number of aliphatic hydroxyl groups is 1. The second-order valence-electron chi connectivity index (χ2n) is 3.40. The Balaban J connectivity index is 2.87. The van der Waals surface area contributed by atoms with Crippen molar-refractivity contribution in [1.29, 1.82) is 5.26 Å². The number of aliphatic hydroxyl groups excluding tert-OH is 1. The summed E-state index contributed by atoms with van der Waals surface area (Å²) in [4.78, 5) is 0. The number of ether oxygens (including phenoxy) is 2.